The molecule has 0 aliphatic rings. The Morgan fingerprint density at radius 1 is 1.05 bits per heavy atom. The van der Waals surface area contributed by atoms with E-state index in [1.54, 1.807) is 12.1 Å². The van der Waals surface area contributed by atoms with E-state index in [1.807, 2.05) is 6.92 Å². The summed E-state index contributed by atoms with van der Waals surface area (Å²) in [6.45, 7) is 6.08. The second-order valence-corrected chi connectivity index (χ2v) is 5.42. The van der Waals surface area contributed by atoms with Crippen molar-refractivity contribution in [1.29, 1.82) is 0 Å². The quantitative estimate of drug-likeness (QED) is 0.660. The molecule has 3 N–H and O–H groups in total. The van der Waals surface area contributed by atoms with Crippen LogP contribution in [0.2, 0.25) is 0 Å². The van der Waals surface area contributed by atoms with Crippen LogP contribution in [0.5, 0.6) is 0 Å². The summed E-state index contributed by atoms with van der Waals surface area (Å²) in [4.78, 5) is 0. The zero-order chi connectivity index (χ0) is 14.7. The molecule has 2 rings (SSSR count). The van der Waals surface area contributed by atoms with Gasteiger partial charge < -0.3 is 0 Å². The van der Waals surface area contributed by atoms with Gasteiger partial charge in [0.15, 0.2) is 0 Å². The van der Waals surface area contributed by atoms with Gasteiger partial charge in [0, 0.05) is 0 Å². The molecule has 0 aromatic heterocycles. The summed E-state index contributed by atoms with van der Waals surface area (Å²) >= 11 is 0. The molecule has 3 heteroatoms. The average Bonchev–Trinajstić information content (AvgIpc) is 2.35. The van der Waals surface area contributed by atoms with Crippen molar-refractivity contribution >= 4 is 0 Å². The molecule has 0 saturated heterocycles. The fourth-order valence-corrected chi connectivity index (χ4v) is 2.71. The fourth-order valence-electron chi connectivity index (χ4n) is 2.71. The molecule has 0 aliphatic carbocycles. The Balaban J connectivity index is 2.28. The number of hydrazine groups is 1. The number of hydrogen-bond acceptors (Lipinski definition) is 2. The minimum atomic E-state index is -0.214. The molecule has 0 spiro atoms. The molecule has 0 aliphatic heterocycles. The molecule has 2 nitrogen and oxygen atoms in total. The number of nitrogens with two attached hydrogens (primary N) is 1. The van der Waals surface area contributed by atoms with E-state index in [-0.39, 0.29) is 11.9 Å². The first-order chi connectivity index (χ1) is 9.49. The second-order valence-electron chi connectivity index (χ2n) is 5.42. The van der Waals surface area contributed by atoms with Crippen molar-refractivity contribution in [2.75, 3.05) is 0 Å². The van der Waals surface area contributed by atoms with Crippen molar-refractivity contribution in [3.63, 3.8) is 0 Å². The minimum absolute atomic E-state index is 0.0169. The maximum Gasteiger partial charge on any atom is 0.123 e. The third kappa shape index (κ3) is 3.44. The van der Waals surface area contributed by atoms with Crippen molar-refractivity contribution in [2.24, 2.45) is 5.84 Å². The molecule has 0 fully saturated rings. The summed E-state index contributed by atoms with van der Waals surface area (Å²) in [7, 11) is 0. The van der Waals surface area contributed by atoms with Crippen LogP contribution in [-0.2, 0) is 6.42 Å². The van der Waals surface area contributed by atoms with Crippen LogP contribution in [0.1, 0.15) is 33.9 Å². The van der Waals surface area contributed by atoms with E-state index in [2.05, 4.69) is 37.5 Å². The summed E-state index contributed by atoms with van der Waals surface area (Å²) < 4.78 is 13.2. The highest BCUT2D eigenvalue weighted by atomic mass is 19.1. The van der Waals surface area contributed by atoms with Gasteiger partial charge in [-0.2, -0.15) is 0 Å². The molecule has 1 unspecified atom stereocenters. The Kier molecular flexibility index (Phi) is 4.53. The lowest BCUT2D eigenvalue weighted by Gasteiger charge is -2.19. The smallest absolute Gasteiger partial charge is 0.123 e. The van der Waals surface area contributed by atoms with Crippen molar-refractivity contribution < 1.29 is 4.39 Å². The van der Waals surface area contributed by atoms with Crippen molar-refractivity contribution in [3.8, 4) is 0 Å². The molecule has 20 heavy (non-hydrogen) atoms. The minimum Gasteiger partial charge on any atom is -0.271 e. The second kappa shape index (κ2) is 6.16. The molecule has 2 aromatic rings. The molecule has 2 aromatic carbocycles. The predicted molar refractivity (Wildman–Crippen MR) is 80.8 cm³/mol. The Morgan fingerprint density at radius 2 is 1.70 bits per heavy atom. The largest absolute Gasteiger partial charge is 0.271 e. The SMILES string of the molecule is Cc1cc(C)cc(CC(NN)c2ccc(F)cc2C)c1. The van der Waals surface area contributed by atoms with Gasteiger partial charge in [-0.05, 0) is 56.0 Å². The van der Waals surface area contributed by atoms with E-state index in [0.29, 0.717) is 0 Å². The number of halogens is 1. The lowest BCUT2D eigenvalue weighted by molar-refractivity contribution is 0.546. The molecular formula is C17H21FN2. The van der Waals surface area contributed by atoms with E-state index >= 15 is 0 Å². The van der Waals surface area contributed by atoms with Gasteiger partial charge in [-0.25, -0.2) is 4.39 Å². The lowest BCUT2D eigenvalue weighted by atomic mass is 9.94. The Morgan fingerprint density at radius 3 is 2.25 bits per heavy atom. The first-order valence-corrected chi connectivity index (χ1v) is 6.79. The first-order valence-electron chi connectivity index (χ1n) is 6.79. The van der Waals surface area contributed by atoms with Crippen LogP contribution in [0.4, 0.5) is 4.39 Å². The van der Waals surface area contributed by atoms with Gasteiger partial charge in [0.1, 0.15) is 5.82 Å². The summed E-state index contributed by atoms with van der Waals surface area (Å²) in [5.41, 5.74) is 8.51. The van der Waals surface area contributed by atoms with Crippen LogP contribution in [0, 0.1) is 26.6 Å². The number of rotatable bonds is 4. The standard InChI is InChI=1S/C17H21FN2/c1-11-6-12(2)8-14(7-11)10-17(20-19)16-5-4-15(18)9-13(16)3/h4-9,17,20H,10,19H2,1-3H3. The van der Waals surface area contributed by atoms with Crippen molar-refractivity contribution in [2.45, 2.75) is 33.2 Å². The molecule has 106 valence electrons. The zero-order valence-electron chi connectivity index (χ0n) is 12.2. The highest BCUT2D eigenvalue weighted by Crippen LogP contribution is 2.23. The van der Waals surface area contributed by atoms with Gasteiger partial charge in [-0.15, -0.1) is 0 Å². The van der Waals surface area contributed by atoms with Crippen LogP contribution in [0.15, 0.2) is 36.4 Å². The van der Waals surface area contributed by atoms with Crippen LogP contribution < -0.4 is 11.3 Å². The van der Waals surface area contributed by atoms with Crippen LogP contribution in [0.25, 0.3) is 0 Å². The van der Waals surface area contributed by atoms with E-state index < -0.39 is 0 Å². The third-order valence-corrected chi connectivity index (χ3v) is 3.53. The molecule has 1 atom stereocenters. The summed E-state index contributed by atoms with van der Waals surface area (Å²) in [6, 6.07) is 11.3. The van der Waals surface area contributed by atoms with Crippen molar-refractivity contribution in [1.82, 2.24) is 5.43 Å². The lowest BCUT2D eigenvalue weighted by Crippen LogP contribution is -2.30. The van der Waals surface area contributed by atoms with Gasteiger partial charge in [0.05, 0.1) is 6.04 Å². The molecule has 0 bridgehead atoms. The number of aryl methyl sites for hydroxylation is 3. The van der Waals surface area contributed by atoms with E-state index in [1.165, 1.54) is 22.8 Å². The molecule has 0 amide bonds. The molecule has 0 heterocycles. The van der Waals surface area contributed by atoms with Gasteiger partial charge in [0.2, 0.25) is 0 Å². The van der Waals surface area contributed by atoms with Crippen LogP contribution in [-0.4, -0.2) is 0 Å². The zero-order valence-corrected chi connectivity index (χ0v) is 12.2. The Hall–Kier alpha value is -1.71. The van der Waals surface area contributed by atoms with Crippen LogP contribution in [0.3, 0.4) is 0 Å². The van der Waals surface area contributed by atoms with Crippen molar-refractivity contribution in [3.05, 3.63) is 70.0 Å². The normalized spacial score (nSPS) is 12.4. The fraction of sp³-hybridized carbons (Fsp3) is 0.294. The molecule has 0 radical (unpaired) electrons. The number of hydrogen-bond donors (Lipinski definition) is 2. The number of nitrogens with one attached hydrogen (secondary N) is 1. The van der Waals surface area contributed by atoms with E-state index in [9.17, 15) is 4.39 Å². The maximum atomic E-state index is 13.2. The van der Waals surface area contributed by atoms with Crippen LogP contribution >= 0.6 is 0 Å². The Labute approximate surface area is 119 Å². The summed E-state index contributed by atoms with van der Waals surface area (Å²) in [5, 5.41) is 0. The highest BCUT2D eigenvalue weighted by molar-refractivity contribution is 5.33. The van der Waals surface area contributed by atoms with Gasteiger partial charge in [-0.1, -0.05) is 35.4 Å². The topological polar surface area (TPSA) is 38.0 Å². The summed E-state index contributed by atoms with van der Waals surface area (Å²) in [5.74, 6) is 5.48. The monoisotopic (exact) mass is 272 g/mol. The summed E-state index contributed by atoms with van der Waals surface area (Å²) in [6.07, 6.45) is 0.783. The Bertz CT molecular complexity index is 588. The first kappa shape index (κ1) is 14.7. The van der Waals surface area contributed by atoms with Gasteiger partial charge in [-0.3, -0.25) is 11.3 Å². The third-order valence-electron chi connectivity index (χ3n) is 3.53. The average molecular weight is 272 g/mol. The predicted octanol–water partition coefficient (Wildman–Crippen LogP) is 3.50. The van der Waals surface area contributed by atoms with Gasteiger partial charge >= 0.3 is 0 Å². The highest BCUT2D eigenvalue weighted by Gasteiger charge is 2.14. The van der Waals surface area contributed by atoms with Gasteiger partial charge in [0.25, 0.3) is 0 Å². The maximum absolute atomic E-state index is 13.2. The molecule has 0 saturated carbocycles. The number of benzene rings is 2. The van der Waals surface area contributed by atoms with E-state index in [4.69, 9.17) is 5.84 Å². The van der Waals surface area contributed by atoms with E-state index in [0.717, 1.165) is 17.5 Å². The molecular weight excluding hydrogens is 251 g/mol.